The smallest absolute Gasteiger partial charge is 0.256 e. The fourth-order valence-corrected chi connectivity index (χ4v) is 3.08. The number of rotatable bonds is 4. The molecule has 4 rings (SSSR count). The Morgan fingerprint density at radius 1 is 0.966 bits per heavy atom. The molecule has 4 aromatic rings. The van der Waals surface area contributed by atoms with E-state index in [1.807, 2.05) is 0 Å². The molecular weight excluding hydrogens is 400 g/mol. The van der Waals surface area contributed by atoms with E-state index in [4.69, 9.17) is 11.6 Å². The molecule has 0 radical (unpaired) electrons. The third-order valence-corrected chi connectivity index (χ3v) is 4.65. The van der Waals surface area contributed by atoms with E-state index in [0.29, 0.717) is 22.7 Å². The average Bonchev–Trinajstić information content (AvgIpc) is 3.19. The fraction of sp³-hybridized carbons (Fsp3) is 0. The zero-order chi connectivity index (χ0) is 20.5. The van der Waals surface area contributed by atoms with Crippen molar-refractivity contribution in [2.45, 2.75) is 0 Å². The van der Waals surface area contributed by atoms with Crippen LogP contribution >= 0.6 is 11.6 Å². The van der Waals surface area contributed by atoms with Crippen molar-refractivity contribution in [3.8, 4) is 0 Å². The Bertz CT molecular complexity index is 1270. The van der Waals surface area contributed by atoms with E-state index in [2.05, 4.69) is 15.3 Å². The summed E-state index contributed by atoms with van der Waals surface area (Å²) in [5, 5.41) is 2.00. The molecule has 0 unspecified atom stereocenters. The predicted molar refractivity (Wildman–Crippen MR) is 105 cm³/mol. The van der Waals surface area contributed by atoms with Gasteiger partial charge in [-0.15, -0.1) is 0 Å². The van der Waals surface area contributed by atoms with Crippen molar-refractivity contribution < 1.29 is 18.4 Å². The van der Waals surface area contributed by atoms with Crippen molar-refractivity contribution in [2.24, 2.45) is 0 Å². The molecule has 1 heterocycles. The maximum Gasteiger partial charge on any atom is 0.256 e. The third-order valence-electron chi connectivity index (χ3n) is 4.36. The highest BCUT2D eigenvalue weighted by Gasteiger charge is 2.20. The van der Waals surface area contributed by atoms with Crippen molar-refractivity contribution in [1.29, 1.82) is 0 Å². The molecule has 0 fully saturated rings. The number of halogens is 3. The van der Waals surface area contributed by atoms with Crippen molar-refractivity contribution >= 4 is 40.0 Å². The second-order valence-corrected chi connectivity index (χ2v) is 6.62. The summed E-state index contributed by atoms with van der Waals surface area (Å²) < 4.78 is 27.3. The highest BCUT2D eigenvalue weighted by molar-refractivity contribution is 6.31. The third kappa shape index (κ3) is 3.60. The van der Waals surface area contributed by atoms with Gasteiger partial charge in [-0.3, -0.25) is 9.59 Å². The van der Waals surface area contributed by atoms with Gasteiger partial charge in [-0.25, -0.2) is 13.8 Å². The van der Waals surface area contributed by atoms with Gasteiger partial charge in [0.1, 0.15) is 11.6 Å². The van der Waals surface area contributed by atoms with Gasteiger partial charge in [-0.1, -0.05) is 29.8 Å². The summed E-state index contributed by atoms with van der Waals surface area (Å²) in [5.41, 5.74) is 1.64. The first-order valence-corrected chi connectivity index (χ1v) is 8.84. The molecule has 0 spiro atoms. The van der Waals surface area contributed by atoms with Crippen molar-refractivity contribution in [1.82, 2.24) is 9.97 Å². The largest absolute Gasteiger partial charge is 0.345 e. The molecule has 0 aliphatic heterocycles. The van der Waals surface area contributed by atoms with Crippen molar-refractivity contribution in [3.05, 3.63) is 94.3 Å². The van der Waals surface area contributed by atoms with E-state index in [1.54, 1.807) is 30.3 Å². The van der Waals surface area contributed by atoms with Gasteiger partial charge in [0.05, 0.1) is 33.6 Å². The zero-order valence-corrected chi connectivity index (χ0v) is 15.4. The topological polar surface area (TPSA) is 74.8 Å². The lowest BCUT2D eigenvalue weighted by atomic mass is 9.97. The molecule has 3 aromatic carbocycles. The molecule has 0 saturated heterocycles. The Morgan fingerprint density at radius 2 is 1.72 bits per heavy atom. The summed E-state index contributed by atoms with van der Waals surface area (Å²) in [6, 6.07) is 12.6. The number of hydrogen-bond donors (Lipinski definition) is 2. The van der Waals surface area contributed by atoms with E-state index in [9.17, 15) is 18.4 Å². The highest BCUT2D eigenvalue weighted by Crippen LogP contribution is 2.25. The number of carbonyl (C=O) groups is 2. The maximum absolute atomic E-state index is 14.0. The number of H-pyrrole nitrogens is 1. The van der Waals surface area contributed by atoms with E-state index in [0.717, 1.165) is 6.07 Å². The summed E-state index contributed by atoms with van der Waals surface area (Å²) >= 11 is 5.66. The van der Waals surface area contributed by atoms with Gasteiger partial charge in [-0.05, 0) is 30.3 Å². The van der Waals surface area contributed by atoms with E-state index >= 15 is 0 Å². The molecule has 8 heteroatoms. The minimum absolute atomic E-state index is 0.0436. The van der Waals surface area contributed by atoms with Gasteiger partial charge < -0.3 is 10.3 Å². The number of hydrogen-bond acceptors (Lipinski definition) is 3. The first-order valence-electron chi connectivity index (χ1n) is 8.47. The van der Waals surface area contributed by atoms with Crippen LogP contribution in [0, 0.1) is 11.6 Å². The molecule has 144 valence electrons. The number of imidazole rings is 1. The molecule has 0 aliphatic rings. The number of carbonyl (C=O) groups excluding carboxylic acids is 2. The minimum atomic E-state index is -0.978. The Morgan fingerprint density at radius 3 is 2.52 bits per heavy atom. The van der Waals surface area contributed by atoms with Gasteiger partial charge in [-0.2, -0.15) is 0 Å². The summed E-state index contributed by atoms with van der Waals surface area (Å²) in [6.07, 6.45) is 1.52. The number of ketones is 1. The van der Waals surface area contributed by atoms with Crippen molar-refractivity contribution in [3.63, 3.8) is 0 Å². The van der Waals surface area contributed by atoms with E-state index < -0.39 is 17.5 Å². The molecule has 1 amide bonds. The van der Waals surface area contributed by atoms with Gasteiger partial charge >= 0.3 is 0 Å². The highest BCUT2D eigenvalue weighted by atomic mass is 35.5. The molecule has 0 atom stereocenters. The van der Waals surface area contributed by atoms with Crippen LogP contribution in [-0.4, -0.2) is 21.7 Å². The van der Waals surface area contributed by atoms with Gasteiger partial charge in [0, 0.05) is 17.2 Å². The van der Waals surface area contributed by atoms with Crippen LogP contribution in [0.2, 0.25) is 5.02 Å². The SMILES string of the molecule is O=C(Nc1cc(Cl)c(F)cc1F)c1ccccc1C(=O)c1ccc2nc[nH]c2c1. The van der Waals surface area contributed by atoms with Gasteiger partial charge in [0.2, 0.25) is 0 Å². The molecule has 0 saturated carbocycles. The molecule has 2 N–H and O–H groups in total. The molecule has 29 heavy (non-hydrogen) atoms. The quantitative estimate of drug-likeness (QED) is 0.367. The Kier molecular flexibility index (Phi) is 4.82. The lowest BCUT2D eigenvalue weighted by Gasteiger charge is -2.11. The standard InChI is InChI=1S/C21H12ClF2N3O2/c22-14-8-18(16(24)9-15(14)23)27-21(29)13-4-2-1-3-12(13)20(28)11-5-6-17-19(7-11)26-10-25-17/h1-10H,(H,25,26)(H,27,29). The van der Waals surface area contributed by atoms with Crippen LogP contribution in [0.15, 0.2) is 60.9 Å². The van der Waals surface area contributed by atoms with E-state index in [-0.39, 0.29) is 27.6 Å². The van der Waals surface area contributed by atoms with Gasteiger partial charge in [0.15, 0.2) is 5.78 Å². The van der Waals surface area contributed by atoms with Crippen molar-refractivity contribution in [2.75, 3.05) is 5.32 Å². The number of amides is 1. The predicted octanol–water partition coefficient (Wildman–Crippen LogP) is 4.98. The minimum Gasteiger partial charge on any atom is -0.345 e. The lowest BCUT2D eigenvalue weighted by Crippen LogP contribution is -2.17. The van der Waals surface area contributed by atoms with E-state index in [1.165, 1.54) is 18.5 Å². The first-order chi connectivity index (χ1) is 13.9. The molecule has 0 aliphatic carbocycles. The number of nitrogens with one attached hydrogen (secondary N) is 2. The second kappa shape index (κ2) is 7.44. The number of nitrogens with zero attached hydrogens (tertiary/aromatic N) is 1. The first kappa shape index (κ1) is 18.8. The fourth-order valence-electron chi connectivity index (χ4n) is 2.92. The monoisotopic (exact) mass is 411 g/mol. The van der Waals surface area contributed by atoms with Crippen LogP contribution < -0.4 is 5.32 Å². The van der Waals surface area contributed by atoms with Crippen LogP contribution in [-0.2, 0) is 0 Å². The van der Waals surface area contributed by atoms with Crippen LogP contribution in [0.4, 0.5) is 14.5 Å². The summed E-state index contributed by atoms with van der Waals surface area (Å²) in [6.45, 7) is 0. The Balaban J connectivity index is 1.68. The number of benzene rings is 3. The lowest BCUT2D eigenvalue weighted by molar-refractivity contribution is 0.0996. The summed E-state index contributed by atoms with van der Waals surface area (Å²) in [7, 11) is 0. The zero-order valence-electron chi connectivity index (χ0n) is 14.7. The number of anilines is 1. The number of fused-ring (bicyclic) bond motifs is 1. The normalized spacial score (nSPS) is 10.9. The van der Waals surface area contributed by atoms with Crippen LogP contribution in [0.25, 0.3) is 11.0 Å². The average molecular weight is 412 g/mol. The Labute approximate surface area is 168 Å². The molecular formula is C21H12ClF2N3O2. The van der Waals surface area contributed by atoms with Crippen LogP contribution in [0.1, 0.15) is 26.3 Å². The van der Waals surface area contributed by atoms with Crippen LogP contribution in [0.5, 0.6) is 0 Å². The number of aromatic amines is 1. The molecule has 1 aromatic heterocycles. The maximum atomic E-state index is 14.0. The number of aromatic nitrogens is 2. The Hall–Kier alpha value is -3.58. The summed E-state index contributed by atoms with van der Waals surface area (Å²) in [4.78, 5) is 32.7. The second-order valence-electron chi connectivity index (χ2n) is 6.21. The molecule has 0 bridgehead atoms. The molecule has 5 nitrogen and oxygen atoms in total. The van der Waals surface area contributed by atoms with Crippen LogP contribution in [0.3, 0.4) is 0 Å². The summed E-state index contributed by atoms with van der Waals surface area (Å²) in [5.74, 6) is -3.02. The van der Waals surface area contributed by atoms with Gasteiger partial charge in [0.25, 0.3) is 5.91 Å².